The van der Waals surface area contributed by atoms with Gasteiger partial charge in [0, 0.05) is 38.6 Å². The van der Waals surface area contributed by atoms with E-state index in [4.69, 9.17) is 0 Å². The lowest BCUT2D eigenvalue weighted by atomic mass is 10.2. The molecule has 140 valence electrons. The molecule has 1 aliphatic heterocycles. The molecule has 0 unspecified atom stereocenters. The van der Waals surface area contributed by atoms with E-state index < -0.39 is 11.8 Å². The zero-order valence-corrected chi connectivity index (χ0v) is 14.6. The van der Waals surface area contributed by atoms with Crippen LogP contribution in [0, 0.1) is 5.82 Å². The number of benzene rings is 1. The van der Waals surface area contributed by atoms with Gasteiger partial charge in [-0.25, -0.2) is 4.39 Å². The molecular formula is C19H19FN4O3. The maximum Gasteiger partial charge on any atom is 0.312 e. The van der Waals surface area contributed by atoms with Gasteiger partial charge < -0.3 is 15.1 Å². The Kier molecular flexibility index (Phi) is 5.75. The van der Waals surface area contributed by atoms with E-state index in [0.717, 1.165) is 11.1 Å². The van der Waals surface area contributed by atoms with Crippen LogP contribution in [-0.4, -0.2) is 52.1 Å². The normalized spacial score (nSPS) is 14.4. The zero-order chi connectivity index (χ0) is 19.2. The fourth-order valence-electron chi connectivity index (χ4n) is 2.76. The standard InChI is InChI=1S/C19H19FN4O3/c20-16-5-3-14(4-6-16)12-23-8-9-24(19(27)18(23)26)13-17(25)22-11-15-2-1-7-21-10-15/h1-7,10H,8-9,11-13H2,(H,22,25). The van der Waals surface area contributed by atoms with Gasteiger partial charge in [0.25, 0.3) is 0 Å². The van der Waals surface area contributed by atoms with E-state index in [0.29, 0.717) is 13.1 Å². The average molecular weight is 370 g/mol. The number of hydrogen-bond donors (Lipinski definition) is 1. The molecule has 0 atom stereocenters. The molecule has 8 heteroatoms. The highest BCUT2D eigenvalue weighted by Gasteiger charge is 2.33. The highest BCUT2D eigenvalue weighted by molar-refractivity contribution is 6.35. The number of hydrogen-bond acceptors (Lipinski definition) is 4. The molecule has 1 aromatic carbocycles. The van der Waals surface area contributed by atoms with Gasteiger partial charge in [-0.05, 0) is 29.3 Å². The molecule has 2 aromatic rings. The second kappa shape index (κ2) is 8.39. The zero-order valence-electron chi connectivity index (χ0n) is 14.6. The molecule has 0 radical (unpaired) electrons. The van der Waals surface area contributed by atoms with Crippen molar-refractivity contribution in [3.8, 4) is 0 Å². The summed E-state index contributed by atoms with van der Waals surface area (Å²) in [6.45, 7) is 0.949. The SMILES string of the molecule is O=C(CN1CCN(Cc2ccc(F)cc2)C(=O)C1=O)NCc1cccnc1. The molecule has 1 saturated heterocycles. The van der Waals surface area contributed by atoms with Gasteiger partial charge in [-0.2, -0.15) is 0 Å². The Bertz CT molecular complexity index is 827. The van der Waals surface area contributed by atoms with Crippen molar-refractivity contribution in [2.24, 2.45) is 0 Å². The first kappa shape index (κ1) is 18.5. The molecule has 0 aliphatic carbocycles. The molecule has 2 heterocycles. The second-order valence-corrected chi connectivity index (χ2v) is 6.22. The quantitative estimate of drug-likeness (QED) is 0.759. The molecule has 3 amide bonds. The van der Waals surface area contributed by atoms with Gasteiger partial charge in [-0.15, -0.1) is 0 Å². The Morgan fingerprint density at radius 3 is 2.44 bits per heavy atom. The number of nitrogens with one attached hydrogen (secondary N) is 1. The highest BCUT2D eigenvalue weighted by Crippen LogP contribution is 2.11. The summed E-state index contributed by atoms with van der Waals surface area (Å²) in [5, 5.41) is 2.70. The van der Waals surface area contributed by atoms with E-state index in [9.17, 15) is 18.8 Å². The van der Waals surface area contributed by atoms with Crippen LogP contribution in [0.15, 0.2) is 48.8 Å². The Morgan fingerprint density at radius 2 is 1.74 bits per heavy atom. The largest absolute Gasteiger partial charge is 0.350 e. The van der Waals surface area contributed by atoms with E-state index in [-0.39, 0.29) is 31.4 Å². The lowest BCUT2D eigenvalue weighted by Crippen LogP contribution is -2.55. The average Bonchev–Trinajstić information content (AvgIpc) is 2.68. The first-order valence-corrected chi connectivity index (χ1v) is 8.51. The van der Waals surface area contributed by atoms with Crippen LogP contribution in [0.2, 0.25) is 0 Å². The number of amides is 3. The molecule has 3 rings (SSSR count). The predicted octanol–water partition coefficient (Wildman–Crippen LogP) is 0.708. The number of nitrogens with zero attached hydrogens (tertiary/aromatic N) is 3. The van der Waals surface area contributed by atoms with Gasteiger partial charge in [0.15, 0.2) is 0 Å². The van der Waals surface area contributed by atoms with Crippen molar-refractivity contribution < 1.29 is 18.8 Å². The molecule has 7 nitrogen and oxygen atoms in total. The molecule has 0 saturated carbocycles. The van der Waals surface area contributed by atoms with E-state index in [1.807, 2.05) is 6.07 Å². The van der Waals surface area contributed by atoms with E-state index in [1.165, 1.54) is 21.9 Å². The number of pyridine rings is 1. The number of carbonyl (C=O) groups excluding carboxylic acids is 3. The van der Waals surface area contributed by atoms with Crippen molar-refractivity contribution in [2.75, 3.05) is 19.6 Å². The van der Waals surface area contributed by atoms with E-state index in [2.05, 4.69) is 10.3 Å². The summed E-state index contributed by atoms with van der Waals surface area (Å²) in [4.78, 5) is 43.2. The smallest absolute Gasteiger partial charge is 0.312 e. The molecule has 1 aliphatic rings. The van der Waals surface area contributed by atoms with Crippen molar-refractivity contribution in [1.29, 1.82) is 0 Å². The molecule has 27 heavy (non-hydrogen) atoms. The van der Waals surface area contributed by atoms with Crippen molar-refractivity contribution >= 4 is 17.7 Å². The fourth-order valence-corrected chi connectivity index (χ4v) is 2.76. The number of aromatic nitrogens is 1. The van der Waals surface area contributed by atoms with Gasteiger partial charge in [0.1, 0.15) is 12.4 Å². The third-order valence-electron chi connectivity index (χ3n) is 4.23. The summed E-state index contributed by atoms with van der Waals surface area (Å²) in [6, 6.07) is 9.37. The van der Waals surface area contributed by atoms with Crippen LogP contribution in [0.4, 0.5) is 4.39 Å². The highest BCUT2D eigenvalue weighted by atomic mass is 19.1. The summed E-state index contributed by atoms with van der Waals surface area (Å²) in [5.41, 5.74) is 1.58. The number of halogens is 1. The predicted molar refractivity (Wildman–Crippen MR) is 94.5 cm³/mol. The fraction of sp³-hybridized carbons (Fsp3) is 0.263. The minimum atomic E-state index is -0.708. The Hall–Kier alpha value is -3.29. The third kappa shape index (κ3) is 4.87. The molecule has 1 aromatic heterocycles. The summed E-state index contributed by atoms with van der Waals surface area (Å²) in [7, 11) is 0. The second-order valence-electron chi connectivity index (χ2n) is 6.22. The topological polar surface area (TPSA) is 82.6 Å². The molecule has 1 N–H and O–H groups in total. The summed E-state index contributed by atoms with van der Waals surface area (Å²) < 4.78 is 13.0. The number of rotatable bonds is 6. The van der Waals surface area contributed by atoms with Crippen molar-refractivity contribution in [3.63, 3.8) is 0 Å². The van der Waals surface area contributed by atoms with Crippen LogP contribution in [0.1, 0.15) is 11.1 Å². The lowest BCUT2D eigenvalue weighted by Gasteiger charge is -2.33. The van der Waals surface area contributed by atoms with Gasteiger partial charge >= 0.3 is 11.8 Å². The molecule has 0 bridgehead atoms. The van der Waals surface area contributed by atoms with Crippen molar-refractivity contribution in [1.82, 2.24) is 20.1 Å². The van der Waals surface area contributed by atoms with Crippen LogP contribution in [0.25, 0.3) is 0 Å². The van der Waals surface area contributed by atoms with Crippen molar-refractivity contribution in [2.45, 2.75) is 13.1 Å². The Morgan fingerprint density at radius 1 is 1.04 bits per heavy atom. The minimum Gasteiger partial charge on any atom is -0.350 e. The van der Waals surface area contributed by atoms with Crippen LogP contribution in [-0.2, 0) is 27.5 Å². The first-order chi connectivity index (χ1) is 13.0. The molecular weight excluding hydrogens is 351 g/mol. The van der Waals surface area contributed by atoms with Gasteiger partial charge in [-0.3, -0.25) is 19.4 Å². The van der Waals surface area contributed by atoms with Crippen LogP contribution < -0.4 is 5.32 Å². The number of carbonyl (C=O) groups is 3. The number of piperazine rings is 1. The Balaban J connectivity index is 1.51. The summed E-state index contributed by atoms with van der Waals surface area (Å²) >= 11 is 0. The first-order valence-electron chi connectivity index (χ1n) is 8.51. The van der Waals surface area contributed by atoms with Gasteiger partial charge in [-0.1, -0.05) is 18.2 Å². The minimum absolute atomic E-state index is 0.171. The monoisotopic (exact) mass is 370 g/mol. The summed E-state index contributed by atoms with van der Waals surface area (Å²) in [5.74, 6) is -2.07. The van der Waals surface area contributed by atoms with Gasteiger partial charge in [0.2, 0.25) is 5.91 Å². The van der Waals surface area contributed by atoms with Gasteiger partial charge in [0.05, 0.1) is 0 Å². The third-order valence-corrected chi connectivity index (χ3v) is 4.23. The van der Waals surface area contributed by atoms with Crippen LogP contribution in [0.3, 0.4) is 0 Å². The molecule has 0 spiro atoms. The van der Waals surface area contributed by atoms with Crippen LogP contribution >= 0.6 is 0 Å². The van der Waals surface area contributed by atoms with Crippen LogP contribution in [0.5, 0.6) is 0 Å². The van der Waals surface area contributed by atoms with E-state index in [1.54, 1.807) is 30.6 Å². The maximum absolute atomic E-state index is 13.0. The van der Waals surface area contributed by atoms with E-state index >= 15 is 0 Å². The lowest BCUT2D eigenvalue weighted by molar-refractivity contribution is -0.157. The van der Waals surface area contributed by atoms with Crippen molar-refractivity contribution in [3.05, 3.63) is 65.7 Å². The summed E-state index contributed by atoms with van der Waals surface area (Å²) in [6.07, 6.45) is 3.28. The Labute approximate surface area is 155 Å². The maximum atomic E-state index is 13.0. The molecule has 1 fully saturated rings.